The Morgan fingerprint density at radius 2 is 1.85 bits per heavy atom. The van der Waals surface area contributed by atoms with Crippen molar-refractivity contribution < 1.29 is 9.59 Å². The molecule has 138 valence electrons. The fraction of sp³-hybridized carbons (Fsp3) is 0.474. The van der Waals surface area contributed by atoms with Gasteiger partial charge in [0.25, 0.3) is 0 Å². The minimum atomic E-state index is -0.574. The van der Waals surface area contributed by atoms with Gasteiger partial charge in [-0.25, -0.2) is 0 Å². The van der Waals surface area contributed by atoms with Gasteiger partial charge in [-0.2, -0.15) is 0 Å². The smallest absolute Gasteiger partial charge is 0.249 e. The zero-order valence-corrected chi connectivity index (χ0v) is 16.1. The maximum Gasteiger partial charge on any atom is 0.249 e. The highest BCUT2D eigenvalue weighted by Gasteiger charge is 2.31. The minimum Gasteiger partial charge on any atom is -0.344 e. The molecule has 1 aliphatic rings. The summed E-state index contributed by atoms with van der Waals surface area (Å²) in [4.78, 5) is 24.8. The van der Waals surface area contributed by atoms with Crippen molar-refractivity contribution >= 4 is 28.3 Å². The van der Waals surface area contributed by atoms with Crippen molar-refractivity contribution in [2.45, 2.75) is 46.1 Å². The minimum absolute atomic E-state index is 0.0106. The molecule has 1 aliphatic carbocycles. The Bertz CT molecular complexity index is 781. The number of anilines is 1. The standard InChI is InChI=1S/C19H24N4O2S/c1-11(2)15(20-16(24)13-5-4-6-13)17(25)21-19-23-22-18(26-19)14-9-7-12(3)8-10-14/h7-11,13,15H,4-6H2,1-3H3,(H,20,24)(H,21,23,25). The van der Waals surface area contributed by atoms with E-state index in [4.69, 9.17) is 0 Å². The second-order valence-electron chi connectivity index (χ2n) is 7.13. The number of nitrogens with zero attached hydrogens (tertiary/aromatic N) is 2. The molecule has 7 heteroatoms. The normalized spacial score (nSPS) is 15.4. The number of hydrogen-bond donors (Lipinski definition) is 2. The molecule has 1 aromatic heterocycles. The molecule has 1 saturated carbocycles. The van der Waals surface area contributed by atoms with Crippen LogP contribution < -0.4 is 10.6 Å². The molecule has 1 aromatic carbocycles. The van der Waals surface area contributed by atoms with E-state index in [9.17, 15) is 9.59 Å². The van der Waals surface area contributed by atoms with Crippen molar-refractivity contribution in [3.63, 3.8) is 0 Å². The molecule has 1 atom stereocenters. The predicted octanol–water partition coefficient (Wildman–Crippen LogP) is 3.39. The second kappa shape index (κ2) is 7.95. The molecular weight excluding hydrogens is 348 g/mol. The summed E-state index contributed by atoms with van der Waals surface area (Å²) < 4.78 is 0. The Labute approximate surface area is 157 Å². The van der Waals surface area contributed by atoms with Crippen LogP contribution in [0.1, 0.15) is 38.7 Å². The van der Waals surface area contributed by atoms with E-state index >= 15 is 0 Å². The summed E-state index contributed by atoms with van der Waals surface area (Å²) in [6.45, 7) is 5.87. The third-order valence-electron chi connectivity index (χ3n) is 4.68. The van der Waals surface area contributed by atoms with Crippen LogP contribution in [0.25, 0.3) is 10.6 Å². The lowest BCUT2D eigenvalue weighted by atomic mass is 9.84. The van der Waals surface area contributed by atoms with E-state index in [1.54, 1.807) is 0 Å². The van der Waals surface area contributed by atoms with E-state index in [1.165, 1.54) is 16.9 Å². The summed E-state index contributed by atoms with van der Waals surface area (Å²) in [5, 5.41) is 15.1. The number of nitrogens with one attached hydrogen (secondary N) is 2. The van der Waals surface area contributed by atoms with Gasteiger partial charge in [0.05, 0.1) is 0 Å². The Balaban J connectivity index is 1.65. The van der Waals surface area contributed by atoms with Crippen LogP contribution in [-0.4, -0.2) is 28.1 Å². The van der Waals surface area contributed by atoms with E-state index < -0.39 is 6.04 Å². The first-order valence-corrected chi connectivity index (χ1v) is 9.77. The average Bonchev–Trinajstić information content (AvgIpc) is 2.99. The van der Waals surface area contributed by atoms with Crippen molar-refractivity contribution in [2.75, 3.05) is 5.32 Å². The van der Waals surface area contributed by atoms with Gasteiger partial charge in [0.2, 0.25) is 16.9 Å². The molecule has 2 aromatic rings. The van der Waals surface area contributed by atoms with Gasteiger partial charge in [-0.15, -0.1) is 10.2 Å². The van der Waals surface area contributed by atoms with Crippen LogP contribution in [0, 0.1) is 18.8 Å². The summed E-state index contributed by atoms with van der Waals surface area (Å²) in [5.41, 5.74) is 2.14. The number of hydrogen-bond acceptors (Lipinski definition) is 5. The van der Waals surface area contributed by atoms with Crippen molar-refractivity contribution in [2.24, 2.45) is 11.8 Å². The summed E-state index contributed by atoms with van der Waals surface area (Å²) >= 11 is 1.32. The summed E-state index contributed by atoms with van der Waals surface area (Å²) in [6.07, 6.45) is 2.91. The number of carbonyl (C=O) groups excluding carboxylic acids is 2. The Morgan fingerprint density at radius 3 is 2.42 bits per heavy atom. The Kier molecular flexibility index (Phi) is 5.66. The molecule has 2 amide bonds. The molecule has 26 heavy (non-hydrogen) atoms. The lowest BCUT2D eigenvalue weighted by Gasteiger charge is -2.28. The highest BCUT2D eigenvalue weighted by Crippen LogP contribution is 2.28. The van der Waals surface area contributed by atoms with Crippen LogP contribution in [0.3, 0.4) is 0 Å². The molecule has 1 unspecified atom stereocenters. The zero-order chi connectivity index (χ0) is 18.7. The van der Waals surface area contributed by atoms with Gasteiger partial charge in [0.15, 0.2) is 0 Å². The Morgan fingerprint density at radius 1 is 1.15 bits per heavy atom. The number of aryl methyl sites for hydroxylation is 1. The fourth-order valence-corrected chi connectivity index (χ4v) is 3.50. The van der Waals surface area contributed by atoms with E-state index in [0.717, 1.165) is 29.8 Å². The topological polar surface area (TPSA) is 84.0 Å². The van der Waals surface area contributed by atoms with E-state index in [0.29, 0.717) is 5.13 Å². The van der Waals surface area contributed by atoms with Gasteiger partial charge in [-0.05, 0) is 25.7 Å². The average molecular weight is 372 g/mol. The maximum absolute atomic E-state index is 12.6. The van der Waals surface area contributed by atoms with Gasteiger partial charge in [0.1, 0.15) is 11.0 Å². The summed E-state index contributed by atoms with van der Waals surface area (Å²) in [6, 6.07) is 7.42. The molecular formula is C19H24N4O2S. The monoisotopic (exact) mass is 372 g/mol. The lowest BCUT2D eigenvalue weighted by Crippen LogP contribution is -2.49. The van der Waals surface area contributed by atoms with Crippen molar-refractivity contribution in [1.82, 2.24) is 15.5 Å². The van der Waals surface area contributed by atoms with Gasteiger partial charge >= 0.3 is 0 Å². The molecule has 2 N–H and O–H groups in total. The fourth-order valence-electron chi connectivity index (χ4n) is 2.75. The quantitative estimate of drug-likeness (QED) is 0.814. The number of rotatable bonds is 6. The van der Waals surface area contributed by atoms with Crippen LogP contribution in [0.2, 0.25) is 0 Å². The Hall–Kier alpha value is -2.28. The number of benzene rings is 1. The lowest BCUT2D eigenvalue weighted by molar-refractivity contribution is -0.131. The van der Waals surface area contributed by atoms with E-state index in [-0.39, 0.29) is 23.7 Å². The predicted molar refractivity (Wildman–Crippen MR) is 103 cm³/mol. The van der Waals surface area contributed by atoms with E-state index in [2.05, 4.69) is 20.8 Å². The maximum atomic E-state index is 12.6. The van der Waals surface area contributed by atoms with Crippen LogP contribution >= 0.6 is 11.3 Å². The van der Waals surface area contributed by atoms with Crippen molar-refractivity contribution in [1.29, 1.82) is 0 Å². The highest BCUT2D eigenvalue weighted by atomic mass is 32.1. The third kappa shape index (κ3) is 4.27. The molecule has 0 saturated heterocycles. The van der Waals surface area contributed by atoms with Gasteiger partial charge < -0.3 is 5.32 Å². The largest absolute Gasteiger partial charge is 0.344 e. The van der Waals surface area contributed by atoms with Crippen LogP contribution in [-0.2, 0) is 9.59 Å². The first-order valence-electron chi connectivity index (χ1n) is 8.96. The van der Waals surface area contributed by atoms with Crippen molar-refractivity contribution in [3.8, 4) is 10.6 Å². The zero-order valence-electron chi connectivity index (χ0n) is 15.3. The summed E-state index contributed by atoms with van der Waals surface area (Å²) in [5.74, 6) is -0.232. The molecule has 0 spiro atoms. The first-order chi connectivity index (χ1) is 12.4. The SMILES string of the molecule is Cc1ccc(-c2nnc(NC(=O)C(NC(=O)C3CCC3)C(C)C)s2)cc1. The number of aromatic nitrogens is 2. The molecule has 0 aliphatic heterocycles. The number of amides is 2. The second-order valence-corrected chi connectivity index (χ2v) is 8.10. The van der Waals surface area contributed by atoms with Crippen molar-refractivity contribution in [3.05, 3.63) is 29.8 Å². The molecule has 0 bridgehead atoms. The van der Waals surface area contributed by atoms with Crippen LogP contribution in [0.15, 0.2) is 24.3 Å². The van der Waals surface area contributed by atoms with Gasteiger partial charge in [0, 0.05) is 11.5 Å². The molecule has 3 rings (SSSR count). The molecule has 1 heterocycles. The first kappa shape index (κ1) is 18.5. The van der Waals surface area contributed by atoms with Gasteiger partial charge in [-0.1, -0.05) is 61.4 Å². The molecule has 0 radical (unpaired) electrons. The highest BCUT2D eigenvalue weighted by molar-refractivity contribution is 7.18. The molecule has 1 fully saturated rings. The van der Waals surface area contributed by atoms with E-state index in [1.807, 2.05) is 45.0 Å². The third-order valence-corrected chi connectivity index (χ3v) is 5.56. The number of carbonyl (C=O) groups is 2. The van der Waals surface area contributed by atoms with Crippen LogP contribution in [0.5, 0.6) is 0 Å². The molecule has 6 nitrogen and oxygen atoms in total. The van der Waals surface area contributed by atoms with Crippen LogP contribution in [0.4, 0.5) is 5.13 Å². The summed E-state index contributed by atoms with van der Waals surface area (Å²) in [7, 11) is 0. The van der Waals surface area contributed by atoms with Gasteiger partial charge in [-0.3, -0.25) is 14.9 Å².